The van der Waals surface area contributed by atoms with Crippen molar-refractivity contribution in [1.29, 1.82) is 0 Å². The number of rotatable bonds is 19. The van der Waals surface area contributed by atoms with Gasteiger partial charge in [0.25, 0.3) is 0 Å². The molecule has 0 aromatic heterocycles. The highest BCUT2D eigenvalue weighted by Crippen LogP contribution is 2.11. The van der Waals surface area contributed by atoms with E-state index in [1.807, 2.05) is 0 Å². The second-order valence-corrected chi connectivity index (χ2v) is 7.27. The number of esters is 1. The molecule has 0 aromatic rings. The molecule has 3 nitrogen and oxygen atoms in total. The zero-order valence-corrected chi connectivity index (χ0v) is 17.5. The zero-order chi connectivity index (χ0) is 17.7. The Morgan fingerprint density at radius 2 is 0.920 bits per heavy atom. The highest BCUT2D eigenvalue weighted by molar-refractivity contribution is 5.69. The molecule has 0 atom stereocenters. The lowest BCUT2D eigenvalue weighted by atomic mass is 10.1. The molecule has 25 heavy (non-hydrogen) atoms. The van der Waals surface area contributed by atoms with Gasteiger partial charge in [-0.05, 0) is 12.8 Å². The molecule has 0 unspecified atom stereocenters. The summed E-state index contributed by atoms with van der Waals surface area (Å²) in [7, 11) is 0. The van der Waals surface area contributed by atoms with Crippen LogP contribution in [-0.2, 0) is 9.53 Å². The maximum absolute atomic E-state index is 11.6. The molecule has 0 aliphatic rings. The molecule has 0 saturated heterocycles. The Morgan fingerprint density at radius 3 is 1.36 bits per heavy atom. The molecule has 3 N–H and O–H groups in total. The van der Waals surface area contributed by atoms with E-state index in [4.69, 9.17) is 4.74 Å². The predicted molar refractivity (Wildman–Crippen MR) is 110 cm³/mol. The fourth-order valence-corrected chi connectivity index (χ4v) is 3.07. The lowest BCUT2D eigenvalue weighted by molar-refractivity contribution is -0.143. The standard InChI is InChI=1S/C22H44O2.H3N/c1-3-5-7-9-11-12-13-15-17-19-21-24-22(23)20-18-16-14-10-8-6-4-2;/h3-21H2,1-2H3;1H3. The molecule has 0 saturated carbocycles. The van der Waals surface area contributed by atoms with Crippen LogP contribution in [0.5, 0.6) is 0 Å². The van der Waals surface area contributed by atoms with E-state index in [0.29, 0.717) is 13.0 Å². The zero-order valence-electron chi connectivity index (χ0n) is 17.5. The van der Waals surface area contributed by atoms with E-state index in [9.17, 15) is 4.79 Å². The Balaban J connectivity index is 0. The first kappa shape index (κ1) is 26.7. The topological polar surface area (TPSA) is 61.3 Å². The van der Waals surface area contributed by atoms with Crippen LogP contribution in [0.1, 0.15) is 129 Å². The van der Waals surface area contributed by atoms with Crippen molar-refractivity contribution in [2.24, 2.45) is 0 Å². The fraction of sp³-hybridized carbons (Fsp3) is 0.955. The molecule has 0 spiro atoms. The number of hydrogen-bond donors (Lipinski definition) is 1. The molecular weight excluding hydrogens is 310 g/mol. The molecule has 0 bridgehead atoms. The molecule has 0 amide bonds. The molecule has 152 valence electrons. The van der Waals surface area contributed by atoms with Crippen LogP contribution < -0.4 is 6.15 Å². The van der Waals surface area contributed by atoms with E-state index in [1.54, 1.807) is 0 Å². The van der Waals surface area contributed by atoms with Crippen molar-refractivity contribution in [2.75, 3.05) is 6.61 Å². The van der Waals surface area contributed by atoms with Gasteiger partial charge in [0.1, 0.15) is 0 Å². The van der Waals surface area contributed by atoms with Crippen LogP contribution >= 0.6 is 0 Å². The van der Waals surface area contributed by atoms with Crippen LogP contribution in [0, 0.1) is 0 Å². The van der Waals surface area contributed by atoms with Gasteiger partial charge in [0.15, 0.2) is 0 Å². The number of carbonyl (C=O) groups excluding carboxylic acids is 1. The monoisotopic (exact) mass is 357 g/mol. The summed E-state index contributed by atoms with van der Waals surface area (Å²) >= 11 is 0. The molecule has 3 heteroatoms. The summed E-state index contributed by atoms with van der Waals surface area (Å²) in [5.41, 5.74) is 0. The second kappa shape index (κ2) is 23.4. The van der Waals surface area contributed by atoms with Crippen molar-refractivity contribution in [2.45, 2.75) is 129 Å². The Labute approximate surface area is 158 Å². The van der Waals surface area contributed by atoms with Gasteiger partial charge < -0.3 is 10.9 Å². The summed E-state index contributed by atoms with van der Waals surface area (Å²) in [5, 5.41) is 0. The molecule has 0 fully saturated rings. The molecule has 0 rings (SSSR count). The van der Waals surface area contributed by atoms with Gasteiger partial charge in [-0.25, -0.2) is 0 Å². The minimum atomic E-state index is 0. The van der Waals surface area contributed by atoms with E-state index < -0.39 is 0 Å². The van der Waals surface area contributed by atoms with Gasteiger partial charge in [-0.15, -0.1) is 0 Å². The highest BCUT2D eigenvalue weighted by atomic mass is 16.5. The second-order valence-electron chi connectivity index (χ2n) is 7.27. The molecule has 0 heterocycles. The van der Waals surface area contributed by atoms with Crippen LogP contribution in [0.25, 0.3) is 0 Å². The first-order valence-electron chi connectivity index (χ1n) is 11.0. The summed E-state index contributed by atoms with van der Waals surface area (Å²) in [4.78, 5) is 11.6. The van der Waals surface area contributed by atoms with Crippen molar-refractivity contribution in [1.82, 2.24) is 6.15 Å². The molecule has 0 aliphatic carbocycles. The third-order valence-corrected chi connectivity index (χ3v) is 4.75. The number of carbonyl (C=O) groups is 1. The Bertz CT molecular complexity index is 256. The van der Waals surface area contributed by atoms with E-state index in [-0.39, 0.29) is 12.1 Å². The van der Waals surface area contributed by atoms with Crippen molar-refractivity contribution < 1.29 is 9.53 Å². The summed E-state index contributed by atoms with van der Waals surface area (Å²) in [6.45, 7) is 5.14. The lowest BCUT2D eigenvalue weighted by Gasteiger charge is -2.05. The van der Waals surface area contributed by atoms with Gasteiger partial charge in [-0.3, -0.25) is 4.79 Å². The smallest absolute Gasteiger partial charge is 0.305 e. The third kappa shape index (κ3) is 23.4. The average molecular weight is 358 g/mol. The van der Waals surface area contributed by atoms with Crippen molar-refractivity contribution >= 4 is 5.97 Å². The van der Waals surface area contributed by atoms with Crippen LogP contribution in [0.4, 0.5) is 0 Å². The molecular formula is C22H47NO2. The summed E-state index contributed by atoms with van der Waals surface area (Å²) in [6.07, 6.45) is 22.6. The SMILES string of the molecule is CCCCCCCCCCCCOC(=O)CCCCCCCCC.N. The van der Waals surface area contributed by atoms with E-state index in [0.717, 1.165) is 12.8 Å². The Hall–Kier alpha value is -0.570. The van der Waals surface area contributed by atoms with Crippen molar-refractivity contribution in [3.8, 4) is 0 Å². The lowest BCUT2D eigenvalue weighted by Crippen LogP contribution is -2.05. The van der Waals surface area contributed by atoms with Gasteiger partial charge >= 0.3 is 5.97 Å². The van der Waals surface area contributed by atoms with Gasteiger partial charge in [-0.2, -0.15) is 0 Å². The predicted octanol–water partition coefficient (Wildman–Crippen LogP) is 7.75. The van der Waals surface area contributed by atoms with Crippen molar-refractivity contribution in [3.63, 3.8) is 0 Å². The summed E-state index contributed by atoms with van der Waals surface area (Å²) in [5.74, 6) is 0.0134. The van der Waals surface area contributed by atoms with Gasteiger partial charge in [0.2, 0.25) is 0 Å². The third-order valence-electron chi connectivity index (χ3n) is 4.75. The number of unbranched alkanes of at least 4 members (excludes halogenated alkanes) is 15. The highest BCUT2D eigenvalue weighted by Gasteiger charge is 2.02. The molecule has 0 radical (unpaired) electrons. The summed E-state index contributed by atoms with van der Waals surface area (Å²) in [6, 6.07) is 0. The normalized spacial score (nSPS) is 10.5. The summed E-state index contributed by atoms with van der Waals surface area (Å²) < 4.78 is 5.32. The van der Waals surface area contributed by atoms with Gasteiger partial charge in [-0.1, -0.05) is 110 Å². The van der Waals surface area contributed by atoms with Crippen LogP contribution in [0.2, 0.25) is 0 Å². The maximum atomic E-state index is 11.6. The average Bonchev–Trinajstić information content (AvgIpc) is 2.59. The van der Waals surface area contributed by atoms with Crippen LogP contribution in [0.15, 0.2) is 0 Å². The van der Waals surface area contributed by atoms with E-state index in [2.05, 4.69) is 13.8 Å². The van der Waals surface area contributed by atoms with E-state index in [1.165, 1.54) is 96.3 Å². The number of ether oxygens (including phenoxy) is 1. The maximum Gasteiger partial charge on any atom is 0.305 e. The minimum Gasteiger partial charge on any atom is -0.466 e. The number of hydrogen-bond acceptors (Lipinski definition) is 3. The van der Waals surface area contributed by atoms with Gasteiger partial charge in [0.05, 0.1) is 6.61 Å². The molecule has 0 aromatic carbocycles. The van der Waals surface area contributed by atoms with Crippen LogP contribution in [0.3, 0.4) is 0 Å². The van der Waals surface area contributed by atoms with Crippen LogP contribution in [-0.4, -0.2) is 12.6 Å². The Kier molecular flexibility index (Phi) is 25.0. The molecule has 0 aliphatic heterocycles. The van der Waals surface area contributed by atoms with Crippen molar-refractivity contribution in [3.05, 3.63) is 0 Å². The first-order chi connectivity index (χ1) is 11.8. The fourth-order valence-electron chi connectivity index (χ4n) is 3.07. The van der Waals surface area contributed by atoms with Gasteiger partial charge in [0, 0.05) is 6.42 Å². The first-order valence-corrected chi connectivity index (χ1v) is 11.0. The van der Waals surface area contributed by atoms with E-state index >= 15 is 0 Å². The largest absolute Gasteiger partial charge is 0.466 e. The quantitative estimate of drug-likeness (QED) is 0.190. The Morgan fingerprint density at radius 1 is 0.560 bits per heavy atom. The minimum absolute atomic E-state index is 0.